The van der Waals surface area contributed by atoms with Crippen LogP contribution in [0.2, 0.25) is 0 Å². The van der Waals surface area contributed by atoms with E-state index in [4.69, 9.17) is 0 Å². The van der Waals surface area contributed by atoms with E-state index in [9.17, 15) is 9.59 Å². The number of hydrogen-bond donors (Lipinski definition) is 1. The Morgan fingerprint density at radius 3 is 2.53 bits per heavy atom. The summed E-state index contributed by atoms with van der Waals surface area (Å²) in [5.41, 5.74) is -1.28. The zero-order valence-corrected chi connectivity index (χ0v) is 11.6. The predicted octanol–water partition coefficient (Wildman–Crippen LogP) is 1.61. The van der Waals surface area contributed by atoms with Crippen molar-refractivity contribution in [1.82, 2.24) is 10.2 Å². The molecule has 0 bridgehead atoms. The summed E-state index contributed by atoms with van der Waals surface area (Å²) in [5, 5.41) is 3.08. The summed E-state index contributed by atoms with van der Waals surface area (Å²) in [7, 11) is 0. The van der Waals surface area contributed by atoms with E-state index in [1.54, 1.807) is 11.0 Å². The quantitative estimate of drug-likeness (QED) is 0.786. The van der Waals surface area contributed by atoms with Crippen molar-refractivity contribution in [2.75, 3.05) is 6.54 Å². The third-order valence-corrected chi connectivity index (χ3v) is 5.17. The standard InChI is InChI=1S/C15H22N2O2/c1-3-10-17-13(19)15(8-4-5-9-15)16-12(18)14(17,2)11-6-7-11/h3,11H,1,4-10H2,2H3,(H,16,18). The summed E-state index contributed by atoms with van der Waals surface area (Å²) in [4.78, 5) is 27.3. The van der Waals surface area contributed by atoms with Gasteiger partial charge in [0.1, 0.15) is 11.1 Å². The molecule has 2 amide bonds. The highest BCUT2D eigenvalue weighted by Crippen LogP contribution is 2.47. The van der Waals surface area contributed by atoms with Crippen LogP contribution in [-0.2, 0) is 9.59 Å². The van der Waals surface area contributed by atoms with Gasteiger partial charge in [0, 0.05) is 6.54 Å². The van der Waals surface area contributed by atoms with Crippen LogP contribution in [0.4, 0.5) is 0 Å². The second kappa shape index (κ2) is 4.09. The number of nitrogens with zero attached hydrogens (tertiary/aromatic N) is 1. The van der Waals surface area contributed by atoms with E-state index in [-0.39, 0.29) is 11.8 Å². The van der Waals surface area contributed by atoms with E-state index in [1.165, 1.54) is 0 Å². The van der Waals surface area contributed by atoms with Gasteiger partial charge in [-0.3, -0.25) is 9.59 Å². The maximum Gasteiger partial charge on any atom is 0.249 e. The molecular weight excluding hydrogens is 240 g/mol. The van der Waals surface area contributed by atoms with Crippen LogP contribution >= 0.6 is 0 Å². The Hall–Kier alpha value is -1.32. The molecule has 0 radical (unpaired) electrons. The Kier molecular flexibility index (Phi) is 2.73. The van der Waals surface area contributed by atoms with Crippen LogP contribution in [0.5, 0.6) is 0 Å². The maximum atomic E-state index is 12.9. The van der Waals surface area contributed by atoms with Gasteiger partial charge in [-0.1, -0.05) is 18.9 Å². The molecule has 4 nitrogen and oxygen atoms in total. The molecule has 0 aromatic rings. The summed E-state index contributed by atoms with van der Waals surface area (Å²) < 4.78 is 0. The third-order valence-electron chi connectivity index (χ3n) is 5.17. The van der Waals surface area contributed by atoms with Crippen LogP contribution in [0.3, 0.4) is 0 Å². The van der Waals surface area contributed by atoms with Gasteiger partial charge in [-0.05, 0) is 38.5 Å². The summed E-state index contributed by atoms with van der Waals surface area (Å²) in [6.07, 6.45) is 7.43. The molecule has 0 aromatic carbocycles. The summed E-state index contributed by atoms with van der Waals surface area (Å²) in [6.45, 7) is 6.14. The molecule has 1 heterocycles. The monoisotopic (exact) mass is 262 g/mol. The second-order valence-corrected chi connectivity index (χ2v) is 6.37. The molecule has 0 aromatic heterocycles. The fourth-order valence-corrected chi connectivity index (χ4v) is 3.76. The molecule has 3 fully saturated rings. The van der Waals surface area contributed by atoms with Crippen molar-refractivity contribution < 1.29 is 9.59 Å². The highest BCUT2D eigenvalue weighted by molar-refractivity contribution is 6.02. The van der Waals surface area contributed by atoms with Crippen LogP contribution in [0.15, 0.2) is 12.7 Å². The summed E-state index contributed by atoms with van der Waals surface area (Å²) in [5.74, 6) is 0.465. The number of rotatable bonds is 3. The normalized spacial score (nSPS) is 33.6. The Morgan fingerprint density at radius 1 is 1.37 bits per heavy atom. The molecule has 1 saturated heterocycles. The fourth-order valence-electron chi connectivity index (χ4n) is 3.76. The molecule has 104 valence electrons. The number of piperazine rings is 1. The lowest BCUT2D eigenvalue weighted by atomic mass is 9.82. The molecular formula is C15H22N2O2. The van der Waals surface area contributed by atoms with Gasteiger partial charge in [-0.15, -0.1) is 6.58 Å². The molecule has 4 heteroatoms. The van der Waals surface area contributed by atoms with Crippen LogP contribution in [0.1, 0.15) is 45.4 Å². The zero-order chi connectivity index (χ0) is 13.7. The smallest absolute Gasteiger partial charge is 0.249 e. The largest absolute Gasteiger partial charge is 0.340 e. The maximum absolute atomic E-state index is 12.9. The van der Waals surface area contributed by atoms with E-state index >= 15 is 0 Å². The number of hydrogen-bond acceptors (Lipinski definition) is 2. The van der Waals surface area contributed by atoms with Crippen molar-refractivity contribution >= 4 is 11.8 Å². The van der Waals surface area contributed by atoms with Crippen molar-refractivity contribution in [3.8, 4) is 0 Å². The average molecular weight is 262 g/mol. The first-order valence-corrected chi connectivity index (χ1v) is 7.30. The number of nitrogens with one attached hydrogen (secondary N) is 1. The highest BCUT2D eigenvalue weighted by Gasteiger charge is 2.61. The van der Waals surface area contributed by atoms with Gasteiger partial charge in [0.05, 0.1) is 0 Å². The lowest BCUT2D eigenvalue weighted by molar-refractivity contribution is -0.162. The zero-order valence-electron chi connectivity index (χ0n) is 11.6. The molecule has 1 aliphatic heterocycles. The first kappa shape index (κ1) is 12.7. The first-order valence-electron chi connectivity index (χ1n) is 7.30. The van der Waals surface area contributed by atoms with Gasteiger partial charge >= 0.3 is 0 Å². The van der Waals surface area contributed by atoms with Crippen LogP contribution in [0.25, 0.3) is 0 Å². The molecule has 2 saturated carbocycles. The molecule has 1 N–H and O–H groups in total. The van der Waals surface area contributed by atoms with Crippen molar-refractivity contribution in [2.24, 2.45) is 5.92 Å². The van der Waals surface area contributed by atoms with Gasteiger partial charge in [0.15, 0.2) is 0 Å². The number of carbonyl (C=O) groups excluding carboxylic acids is 2. The van der Waals surface area contributed by atoms with E-state index in [1.807, 2.05) is 6.92 Å². The van der Waals surface area contributed by atoms with Gasteiger partial charge in [0.25, 0.3) is 0 Å². The topological polar surface area (TPSA) is 49.4 Å². The molecule has 3 aliphatic rings. The van der Waals surface area contributed by atoms with Crippen molar-refractivity contribution in [3.05, 3.63) is 12.7 Å². The number of carbonyl (C=O) groups is 2. The molecule has 3 rings (SSSR count). The Labute approximate surface area is 114 Å². The molecule has 19 heavy (non-hydrogen) atoms. The fraction of sp³-hybridized carbons (Fsp3) is 0.733. The van der Waals surface area contributed by atoms with E-state index in [0.29, 0.717) is 12.5 Å². The summed E-state index contributed by atoms with van der Waals surface area (Å²) in [6, 6.07) is 0. The molecule has 1 spiro atoms. The van der Waals surface area contributed by atoms with Gasteiger partial charge in [-0.2, -0.15) is 0 Å². The predicted molar refractivity (Wildman–Crippen MR) is 72.4 cm³/mol. The van der Waals surface area contributed by atoms with E-state index in [2.05, 4.69) is 11.9 Å². The van der Waals surface area contributed by atoms with Crippen LogP contribution in [-0.4, -0.2) is 34.3 Å². The third kappa shape index (κ3) is 1.65. The van der Waals surface area contributed by atoms with Gasteiger partial charge in [-0.25, -0.2) is 0 Å². The minimum absolute atomic E-state index is 0.0401. The lowest BCUT2D eigenvalue weighted by Crippen LogP contribution is -2.75. The first-order chi connectivity index (χ1) is 9.04. The van der Waals surface area contributed by atoms with Gasteiger partial charge in [0.2, 0.25) is 11.8 Å². The Bertz CT molecular complexity index is 435. The molecule has 1 unspecified atom stereocenters. The minimum Gasteiger partial charge on any atom is -0.340 e. The Morgan fingerprint density at radius 2 is 2.00 bits per heavy atom. The van der Waals surface area contributed by atoms with Crippen molar-refractivity contribution in [2.45, 2.75) is 56.5 Å². The second-order valence-electron chi connectivity index (χ2n) is 6.37. The Balaban J connectivity index is 1.98. The highest BCUT2D eigenvalue weighted by atomic mass is 16.2. The molecule has 1 atom stereocenters. The van der Waals surface area contributed by atoms with Gasteiger partial charge < -0.3 is 10.2 Å². The SMILES string of the molecule is C=CCN1C(=O)C2(CCCC2)NC(=O)C1(C)C1CC1. The van der Waals surface area contributed by atoms with Crippen LogP contribution < -0.4 is 5.32 Å². The van der Waals surface area contributed by atoms with Crippen molar-refractivity contribution in [1.29, 1.82) is 0 Å². The lowest BCUT2D eigenvalue weighted by Gasteiger charge is -2.50. The average Bonchev–Trinajstić information content (AvgIpc) is 3.14. The molecule has 2 aliphatic carbocycles. The van der Waals surface area contributed by atoms with Crippen molar-refractivity contribution in [3.63, 3.8) is 0 Å². The van der Waals surface area contributed by atoms with Crippen LogP contribution in [0, 0.1) is 5.92 Å². The van der Waals surface area contributed by atoms with E-state index in [0.717, 1.165) is 38.5 Å². The minimum atomic E-state index is -0.668. The summed E-state index contributed by atoms with van der Waals surface area (Å²) >= 11 is 0. The number of amides is 2. The van der Waals surface area contributed by atoms with E-state index < -0.39 is 11.1 Å².